The first-order chi connectivity index (χ1) is 14.4. The van der Waals surface area contributed by atoms with E-state index in [4.69, 9.17) is 9.47 Å². The lowest BCUT2D eigenvalue weighted by Crippen LogP contribution is -2.46. The lowest BCUT2D eigenvalue weighted by molar-refractivity contribution is 0.0198. The van der Waals surface area contributed by atoms with Crippen LogP contribution in [0.25, 0.3) is 0 Å². The zero-order chi connectivity index (χ0) is 22.8. The van der Waals surface area contributed by atoms with Crippen LogP contribution in [-0.2, 0) is 22.4 Å². The molecule has 0 saturated carbocycles. The molecular formula is C24H37N3O4. The largest absolute Gasteiger partial charge is 0.444 e. The number of hydrogen-bond donors (Lipinski definition) is 1. The molecule has 2 aliphatic heterocycles. The molecule has 31 heavy (non-hydrogen) atoms. The van der Waals surface area contributed by atoms with Gasteiger partial charge >= 0.3 is 12.2 Å². The van der Waals surface area contributed by atoms with E-state index in [1.165, 1.54) is 5.56 Å². The molecule has 7 heteroatoms. The van der Waals surface area contributed by atoms with Crippen LogP contribution in [0.1, 0.15) is 65.5 Å². The SMILES string of the molecule is CC(C)(C)OC(=O)N1CCC(NCc2cccc3c2N(C(=O)OC(C)(C)C)CC3)CC1. The normalized spacial score (nSPS) is 17.5. The molecule has 172 valence electrons. The number of benzene rings is 1. The smallest absolute Gasteiger partial charge is 0.414 e. The highest BCUT2D eigenvalue weighted by molar-refractivity contribution is 5.91. The van der Waals surface area contributed by atoms with Crippen molar-refractivity contribution >= 4 is 17.9 Å². The van der Waals surface area contributed by atoms with E-state index in [2.05, 4.69) is 23.5 Å². The maximum Gasteiger partial charge on any atom is 0.414 e. The van der Waals surface area contributed by atoms with Gasteiger partial charge in [-0.2, -0.15) is 0 Å². The minimum absolute atomic E-state index is 0.236. The van der Waals surface area contributed by atoms with E-state index >= 15 is 0 Å². The van der Waals surface area contributed by atoms with Crippen LogP contribution in [-0.4, -0.2) is 54.0 Å². The van der Waals surface area contributed by atoms with Gasteiger partial charge < -0.3 is 19.7 Å². The minimum atomic E-state index is -0.519. The van der Waals surface area contributed by atoms with E-state index in [-0.39, 0.29) is 12.2 Å². The van der Waals surface area contributed by atoms with Crippen molar-refractivity contribution in [2.45, 2.75) is 84.6 Å². The number of fused-ring (bicyclic) bond motifs is 1. The number of ether oxygens (including phenoxy) is 2. The van der Waals surface area contributed by atoms with Crippen molar-refractivity contribution in [1.29, 1.82) is 0 Å². The third-order valence-electron chi connectivity index (χ3n) is 5.42. The summed E-state index contributed by atoms with van der Waals surface area (Å²) < 4.78 is 11.1. The van der Waals surface area contributed by atoms with Crippen LogP contribution in [0.5, 0.6) is 0 Å². The maximum atomic E-state index is 12.7. The molecule has 1 N–H and O–H groups in total. The highest BCUT2D eigenvalue weighted by Crippen LogP contribution is 2.33. The Hall–Kier alpha value is -2.28. The predicted molar refractivity (Wildman–Crippen MR) is 121 cm³/mol. The van der Waals surface area contributed by atoms with Crippen molar-refractivity contribution in [3.63, 3.8) is 0 Å². The Balaban J connectivity index is 1.58. The number of nitrogens with one attached hydrogen (secondary N) is 1. The van der Waals surface area contributed by atoms with Crippen molar-refractivity contribution < 1.29 is 19.1 Å². The van der Waals surface area contributed by atoms with Crippen LogP contribution in [0.15, 0.2) is 18.2 Å². The van der Waals surface area contributed by atoms with E-state index < -0.39 is 11.2 Å². The van der Waals surface area contributed by atoms with Crippen LogP contribution in [0.3, 0.4) is 0 Å². The summed E-state index contributed by atoms with van der Waals surface area (Å²) in [7, 11) is 0. The molecule has 0 aliphatic carbocycles. The zero-order valence-electron chi connectivity index (χ0n) is 19.8. The molecule has 0 radical (unpaired) electrons. The Morgan fingerprint density at radius 2 is 1.58 bits per heavy atom. The molecule has 0 atom stereocenters. The zero-order valence-corrected chi connectivity index (χ0v) is 19.8. The standard InChI is InChI=1S/C24H37N3O4/c1-23(2,3)30-21(28)26-13-11-19(12-14-26)25-16-18-9-7-8-17-10-15-27(20(17)18)22(29)31-24(4,5)6/h7-9,19,25H,10-16H2,1-6H3. The van der Waals surface area contributed by atoms with Gasteiger partial charge in [-0.25, -0.2) is 9.59 Å². The van der Waals surface area contributed by atoms with Gasteiger partial charge in [0, 0.05) is 32.2 Å². The summed E-state index contributed by atoms with van der Waals surface area (Å²) in [4.78, 5) is 28.5. The van der Waals surface area contributed by atoms with Crippen molar-refractivity contribution in [1.82, 2.24) is 10.2 Å². The third kappa shape index (κ3) is 6.35. The van der Waals surface area contributed by atoms with Crippen LogP contribution in [0, 0.1) is 0 Å². The first-order valence-corrected chi connectivity index (χ1v) is 11.3. The molecule has 0 spiro atoms. The van der Waals surface area contributed by atoms with Gasteiger partial charge in [0.1, 0.15) is 11.2 Å². The Bertz CT molecular complexity index is 802. The van der Waals surface area contributed by atoms with Gasteiger partial charge in [-0.1, -0.05) is 18.2 Å². The summed E-state index contributed by atoms with van der Waals surface area (Å²) in [6.45, 7) is 14.0. The number of hydrogen-bond acceptors (Lipinski definition) is 5. The summed E-state index contributed by atoms with van der Waals surface area (Å²) in [6, 6.07) is 6.54. The van der Waals surface area contributed by atoms with Gasteiger partial charge in [-0.3, -0.25) is 4.90 Å². The Morgan fingerprint density at radius 3 is 2.19 bits per heavy atom. The van der Waals surface area contributed by atoms with E-state index in [1.807, 2.05) is 41.5 Å². The molecule has 2 aliphatic rings. The van der Waals surface area contributed by atoms with Gasteiger partial charge in [-0.15, -0.1) is 0 Å². The summed E-state index contributed by atoms with van der Waals surface area (Å²) in [5, 5.41) is 3.63. The van der Waals surface area contributed by atoms with Gasteiger partial charge in [0.05, 0.1) is 5.69 Å². The Labute approximate surface area is 186 Å². The van der Waals surface area contributed by atoms with E-state index in [1.54, 1.807) is 9.80 Å². The fourth-order valence-corrected chi connectivity index (χ4v) is 4.03. The van der Waals surface area contributed by atoms with Crippen LogP contribution < -0.4 is 10.2 Å². The second-order valence-corrected chi connectivity index (χ2v) is 10.4. The molecule has 3 rings (SSSR count). The van der Waals surface area contributed by atoms with E-state index in [0.29, 0.717) is 32.2 Å². The van der Waals surface area contributed by atoms with E-state index in [9.17, 15) is 9.59 Å². The fraction of sp³-hybridized carbons (Fsp3) is 0.667. The number of carbonyl (C=O) groups is 2. The Kier molecular flexibility index (Phi) is 6.84. The fourth-order valence-electron chi connectivity index (χ4n) is 4.03. The minimum Gasteiger partial charge on any atom is -0.444 e. The number of amides is 2. The van der Waals surface area contributed by atoms with Crippen LogP contribution in [0.4, 0.5) is 15.3 Å². The lowest BCUT2D eigenvalue weighted by atomic mass is 10.0. The Morgan fingerprint density at radius 1 is 0.968 bits per heavy atom. The molecule has 0 aromatic heterocycles. The quantitative estimate of drug-likeness (QED) is 0.764. The van der Waals surface area contributed by atoms with Crippen LogP contribution in [0.2, 0.25) is 0 Å². The van der Waals surface area contributed by atoms with Crippen molar-refractivity contribution in [3.05, 3.63) is 29.3 Å². The van der Waals surface area contributed by atoms with Crippen LogP contribution >= 0.6 is 0 Å². The van der Waals surface area contributed by atoms with Gasteiger partial charge in [-0.05, 0) is 71.9 Å². The molecule has 0 unspecified atom stereocenters. The molecule has 2 amide bonds. The molecule has 1 aromatic carbocycles. The monoisotopic (exact) mass is 431 g/mol. The molecular weight excluding hydrogens is 394 g/mol. The molecule has 1 saturated heterocycles. The highest BCUT2D eigenvalue weighted by Gasteiger charge is 2.31. The number of piperidine rings is 1. The third-order valence-corrected chi connectivity index (χ3v) is 5.42. The second-order valence-electron chi connectivity index (χ2n) is 10.4. The van der Waals surface area contributed by atoms with Gasteiger partial charge in [0.15, 0.2) is 0 Å². The van der Waals surface area contributed by atoms with Gasteiger partial charge in [0.2, 0.25) is 0 Å². The molecule has 1 fully saturated rings. The topological polar surface area (TPSA) is 71.1 Å². The van der Waals surface area contributed by atoms with Crippen molar-refractivity contribution in [2.24, 2.45) is 0 Å². The summed E-state index contributed by atoms with van der Waals surface area (Å²) >= 11 is 0. The maximum absolute atomic E-state index is 12.7. The van der Waals surface area contributed by atoms with E-state index in [0.717, 1.165) is 30.5 Å². The highest BCUT2D eigenvalue weighted by atomic mass is 16.6. The number of para-hydroxylation sites is 1. The lowest BCUT2D eigenvalue weighted by Gasteiger charge is -2.34. The average Bonchev–Trinajstić information content (AvgIpc) is 3.09. The molecule has 2 heterocycles. The average molecular weight is 432 g/mol. The number of rotatable bonds is 3. The first kappa shape index (κ1) is 23.4. The predicted octanol–water partition coefficient (Wildman–Crippen LogP) is 4.47. The number of anilines is 1. The second kappa shape index (κ2) is 9.07. The van der Waals surface area contributed by atoms with Gasteiger partial charge in [0.25, 0.3) is 0 Å². The number of likely N-dealkylation sites (tertiary alicyclic amines) is 1. The number of carbonyl (C=O) groups excluding carboxylic acids is 2. The first-order valence-electron chi connectivity index (χ1n) is 11.3. The summed E-state index contributed by atoms with van der Waals surface area (Å²) in [6.07, 6.45) is 2.08. The van der Waals surface area contributed by atoms with Crippen molar-refractivity contribution in [2.75, 3.05) is 24.5 Å². The molecule has 7 nitrogen and oxygen atoms in total. The molecule has 0 bridgehead atoms. The van der Waals surface area contributed by atoms with Crippen molar-refractivity contribution in [3.8, 4) is 0 Å². The summed E-state index contributed by atoms with van der Waals surface area (Å²) in [5.41, 5.74) is 2.28. The summed E-state index contributed by atoms with van der Waals surface area (Å²) in [5.74, 6) is 0. The molecule has 1 aromatic rings. The number of nitrogens with zero attached hydrogens (tertiary/aromatic N) is 2.